The third-order valence-electron chi connectivity index (χ3n) is 8.02. The molecule has 2 atom stereocenters. The summed E-state index contributed by atoms with van der Waals surface area (Å²) in [5.74, 6) is 0.846. The number of hydrogen-bond acceptors (Lipinski definition) is 3. The first-order chi connectivity index (χ1) is 19.5. The standard InChI is InChI=1S/C36H69NO3/c1-5-6-7-8-9-10-11-12-13-14-15-16-17-18-19-23-26-31-35(40-36(38)39)32-27-24-21-20-22-25-29-34(2)30-28-33-37(3)4/h9-10,12-13,34-35H,5-8,11,14-33H2,1-4H3,(H,38,39)/b10-9-,13-12-. The fourth-order valence-corrected chi connectivity index (χ4v) is 5.41. The zero-order valence-electron chi connectivity index (χ0n) is 27.4. The Morgan fingerprint density at radius 3 is 1.60 bits per heavy atom. The molecule has 2 unspecified atom stereocenters. The quantitative estimate of drug-likeness (QED) is 0.0536. The molecule has 0 amide bonds. The van der Waals surface area contributed by atoms with E-state index in [4.69, 9.17) is 9.84 Å². The average molecular weight is 564 g/mol. The van der Waals surface area contributed by atoms with E-state index in [0.717, 1.165) is 38.0 Å². The molecule has 0 spiro atoms. The highest BCUT2D eigenvalue weighted by Crippen LogP contribution is 2.19. The van der Waals surface area contributed by atoms with Gasteiger partial charge in [0.15, 0.2) is 0 Å². The number of allylic oxidation sites excluding steroid dienone is 4. The fourth-order valence-electron chi connectivity index (χ4n) is 5.41. The summed E-state index contributed by atoms with van der Waals surface area (Å²) in [6.45, 7) is 5.85. The van der Waals surface area contributed by atoms with E-state index in [-0.39, 0.29) is 6.10 Å². The van der Waals surface area contributed by atoms with Crippen LogP contribution in [0.25, 0.3) is 0 Å². The first-order valence-electron chi connectivity index (χ1n) is 17.3. The van der Waals surface area contributed by atoms with Crippen LogP contribution in [-0.4, -0.2) is 42.9 Å². The summed E-state index contributed by atoms with van der Waals surface area (Å²) in [6, 6.07) is 0. The molecular weight excluding hydrogens is 494 g/mol. The Hall–Kier alpha value is -1.29. The molecule has 0 heterocycles. The number of ether oxygens (including phenoxy) is 1. The van der Waals surface area contributed by atoms with Crippen molar-refractivity contribution in [3.63, 3.8) is 0 Å². The summed E-state index contributed by atoms with van der Waals surface area (Å²) in [5.41, 5.74) is 0. The molecular formula is C36H69NO3. The van der Waals surface area contributed by atoms with Gasteiger partial charge >= 0.3 is 6.16 Å². The lowest BCUT2D eigenvalue weighted by Crippen LogP contribution is -2.16. The van der Waals surface area contributed by atoms with Crippen molar-refractivity contribution in [2.24, 2.45) is 5.92 Å². The Balaban J connectivity index is 3.63. The Kier molecular flexibility index (Phi) is 29.7. The summed E-state index contributed by atoms with van der Waals surface area (Å²) in [5, 5.41) is 9.12. The molecule has 0 radical (unpaired) electrons. The van der Waals surface area contributed by atoms with Gasteiger partial charge < -0.3 is 14.7 Å². The molecule has 0 aliphatic heterocycles. The Labute approximate surface area is 250 Å². The van der Waals surface area contributed by atoms with Crippen molar-refractivity contribution < 1.29 is 14.6 Å². The third-order valence-corrected chi connectivity index (χ3v) is 8.02. The molecule has 0 aliphatic rings. The van der Waals surface area contributed by atoms with Crippen LogP contribution >= 0.6 is 0 Å². The van der Waals surface area contributed by atoms with Crippen molar-refractivity contribution in [2.75, 3.05) is 20.6 Å². The highest BCUT2D eigenvalue weighted by atomic mass is 16.7. The second kappa shape index (κ2) is 30.7. The molecule has 1 N–H and O–H groups in total. The zero-order valence-corrected chi connectivity index (χ0v) is 27.4. The lowest BCUT2D eigenvalue weighted by Gasteiger charge is -2.16. The summed E-state index contributed by atoms with van der Waals surface area (Å²) < 4.78 is 5.20. The predicted octanol–water partition coefficient (Wildman–Crippen LogP) is 11.7. The van der Waals surface area contributed by atoms with Crippen LogP contribution in [0.4, 0.5) is 4.79 Å². The molecule has 4 nitrogen and oxygen atoms in total. The first-order valence-corrected chi connectivity index (χ1v) is 17.3. The lowest BCUT2D eigenvalue weighted by atomic mass is 9.97. The number of unbranched alkanes of at least 4 members (excludes halogenated alkanes) is 15. The molecule has 4 heteroatoms. The van der Waals surface area contributed by atoms with Gasteiger partial charge in [-0.1, -0.05) is 122 Å². The molecule has 0 aliphatic carbocycles. The molecule has 40 heavy (non-hydrogen) atoms. The number of carboxylic acid groups (broad SMARTS) is 1. The second-order valence-corrected chi connectivity index (χ2v) is 12.5. The van der Waals surface area contributed by atoms with Gasteiger partial charge in [-0.15, -0.1) is 0 Å². The largest absolute Gasteiger partial charge is 0.506 e. The summed E-state index contributed by atoms with van der Waals surface area (Å²) >= 11 is 0. The summed E-state index contributed by atoms with van der Waals surface area (Å²) in [4.78, 5) is 13.4. The van der Waals surface area contributed by atoms with Gasteiger partial charge in [0, 0.05) is 0 Å². The molecule has 236 valence electrons. The predicted molar refractivity (Wildman–Crippen MR) is 175 cm³/mol. The van der Waals surface area contributed by atoms with Crippen LogP contribution in [0.15, 0.2) is 24.3 Å². The van der Waals surface area contributed by atoms with E-state index in [1.165, 1.54) is 129 Å². The van der Waals surface area contributed by atoms with Gasteiger partial charge in [0.25, 0.3) is 0 Å². The van der Waals surface area contributed by atoms with E-state index in [2.05, 4.69) is 57.1 Å². The van der Waals surface area contributed by atoms with Crippen LogP contribution in [0.2, 0.25) is 0 Å². The van der Waals surface area contributed by atoms with Gasteiger partial charge in [-0.05, 0) is 97.2 Å². The molecule has 0 saturated heterocycles. The van der Waals surface area contributed by atoms with Gasteiger partial charge in [-0.2, -0.15) is 0 Å². The van der Waals surface area contributed by atoms with Crippen molar-refractivity contribution in [1.82, 2.24) is 4.90 Å². The summed E-state index contributed by atoms with van der Waals surface area (Å²) in [6.07, 6.45) is 37.6. The Morgan fingerprint density at radius 1 is 0.650 bits per heavy atom. The van der Waals surface area contributed by atoms with Crippen molar-refractivity contribution in [3.05, 3.63) is 24.3 Å². The number of nitrogens with zero attached hydrogens (tertiary/aromatic N) is 1. The van der Waals surface area contributed by atoms with Gasteiger partial charge in [0.1, 0.15) is 6.10 Å². The molecule has 0 bridgehead atoms. The van der Waals surface area contributed by atoms with Gasteiger partial charge in [0.2, 0.25) is 0 Å². The van der Waals surface area contributed by atoms with E-state index >= 15 is 0 Å². The molecule has 0 aromatic heterocycles. The minimum absolute atomic E-state index is 0.113. The van der Waals surface area contributed by atoms with Gasteiger partial charge in [-0.25, -0.2) is 4.79 Å². The van der Waals surface area contributed by atoms with E-state index in [9.17, 15) is 4.79 Å². The Morgan fingerprint density at radius 2 is 1.10 bits per heavy atom. The Bertz CT molecular complexity index is 587. The zero-order chi connectivity index (χ0) is 29.5. The minimum Gasteiger partial charge on any atom is -0.450 e. The van der Waals surface area contributed by atoms with Crippen molar-refractivity contribution in [2.45, 2.75) is 174 Å². The van der Waals surface area contributed by atoms with Crippen LogP contribution in [0.1, 0.15) is 168 Å². The highest BCUT2D eigenvalue weighted by Gasteiger charge is 2.13. The normalized spacial score (nSPS) is 13.5. The van der Waals surface area contributed by atoms with E-state index < -0.39 is 6.16 Å². The van der Waals surface area contributed by atoms with Gasteiger partial charge in [-0.3, -0.25) is 0 Å². The maximum Gasteiger partial charge on any atom is 0.506 e. The molecule has 0 rings (SSSR count). The second-order valence-electron chi connectivity index (χ2n) is 12.5. The van der Waals surface area contributed by atoms with Crippen molar-refractivity contribution >= 4 is 6.16 Å². The molecule has 0 aromatic carbocycles. The first kappa shape index (κ1) is 38.7. The monoisotopic (exact) mass is 564 g/mol. The van der Waals surface area contributed by atoms with Crippen molar-refractivity contribution in [1.29, 1.82) is 0 Å². The number of carbonyl (C=O) groups is 1. The van der Waals surface area contributed by atoms with Crippen LogP contribution in [0.5, 0.6) is 0 Å². The average Bonchev–Trinajstić information content (AvgIpc) is 2.91. The van der Waals surface area contributed by atoms with Crippen LogP contribution in [0, 0.1) is 5.92 Å². The van der Waals surface area contributed by atoms with E-state index in [1.54, 1.807) is 0 Å². The van der Waals surface area contributed by atoms with Crippen LogP contribution in [0.3, 0.4) is 0 Å². The maximum atomic E-state index is 11.1. The molecule has 0 aromatic rings. The fraction of sp³-hybridized carbons (Fsp3) is 0.861. The van der Waals surface area contributed by atoms with Crippen LogP contribution in [-0.2, 0) is 4.74 Å². The minimum atomic E-state index is -1.11. The van der Waals surface area contributed by atoms with Crippen LogP contribution < -0.4 is 0 Å². The summed E-state index contributed by atoms with van der Waals surface area (Å²) in [7, 11) is 4.31. The highest BCUT2D eigenvalue weighted by molar-refractivity contribution is 5.57. The molecule has 0 fully saturated rings. The lowest BCUT2D eigenvalue weighted by molar-refractivity contribution is 0.0422. The smallest absolute Gasteiger partial charge is 0.450 e. The SMILES string of the molecule is CCCCC/C=C\C/C=C\CCCCCCCCCC(CCCCCCCCC(C)CCCN(C)C)OC(=O)O. The molecule has 0 saturated carbocycles. The van der Waals surface area contributed by atoms with E-state index in [1.807, 2.05) is 0 Å². The third kappa shape index (κ3) is 31.2. The van der Waals surface area contributed by atoms with Crippen molar-refractivity contribution in [3.8, 4) is 0 Å². The maximum absolute atomic E-state index is 11.1. The van der Waals surface area contributed by atoms with Gasteiger partial charge in [0.05, 0.1) is 0 Å². The number of hydrogen-bond donors (Lipinski definition) is 1. The topological polar surface area (TPSA) is 49.8 Å². The van der Waals surface area contributed by atoms with E-state index in [0.29, 0.717) is 0 Å². The number of rotatable bonds is 30.